The van der Waals surface area contributed by atoms with E-state index in [1.54, 1.807) is 0 Å². The van der Waals surface area contributed by atoms with E-state index in [-0.39, 0.29) is 12.4 Å². The molecule has 0 radical (unpaired) electrons. The molecule has 1 N–H and O–H groups in total. The average Bonchev–Trinajstić information content (AvgIpc) is 2.53. The molecule has 72 valence electrons. The third-order valence-electron chi connectivity index (χ3n) is 2.22. The molecule has 0 saturated heterocycles. The highest BCUT2D eigenvalue weighted by Gasteiger charge is 2.08. The summed E-state index contributed by atoms with van der Waals surface area (Å²) in [6, 6.07) is 2.20. The second kappa shape index (κ2) is 4.80. The molecule has 1 aliphatic rings. The molecule has 0 aromatic carbocycles. The largest absolute Gasteiger partial charge is 0.313 e. The molecule has 0 saturated carbocycles. The van der Waals surface area contributed by atoms with E-state index in [0.29, 0.717) is 0 Å². The Labute approximate surface area is 89.3 Å². The molecular weight excluding hydrogens is 202 g/mol. The van der Waals surface area contributed by atoms with Gasteiger partial charge in [0.15, 0.2) is 0 Å². The van der Waals surface area contributed by atoms with Crippen LogP contribution in [-0.4, -0.2) is 13.1 Å². The van der Waals surface area contributed by atoms with Crippen LogP contribution in [0.1, 0.15) is 16.9 Å². The quantitative estimate of drug-likeness (QED) is 0.760. The lowest BCUT2D eigenvalue weighted by Crippen LogP contribution is -2.19. The lowest BCUT2D eigenvalue weighted by Gasteiger charge is -2.13. The summed E-state index contributed by atoms with van der Waals surface area (Å²) in [4.78, 5) is 1.48. The zero-order valence-electron chi connectivity index (χ0n) is 7.67. The van der Waals surface area contributed by atoms with Crippen molar-refractivity contribution >= 4 is 29.3 Å². The minimum atomic E-state index is 0. The first-order chi connectivity index (χ1) is 5.88. The maximum Gasteiger partial charge on any atom is 0.0329 e. The van der Waals surface area contributed by atoms with E-state index < -0.39 is 0 Å². The van der Waals surface area contributed by atoms with Crippen LogP contribution in [0.4, 0.5) is 0 Å². The van der Waals surface area contributed by atoms with E-state index >= 15 is 0 Å². The molecule has 0 spiro atoms. The molecule has 0 aliphatic carbocycles. The molecule has 1 aromatic rings. The van der Waals surface area contributed by atoms with E-state index in [2.05, 4.69) is 29.8 Å². The first-order valence-electron chi connectivity index (χ1n) is 4.32. The Kier molecular flexibility index (Phi) is 3.97. The first kappa shape index (κ1) is 10.8. The van der Waals surface area contributed by atoms with Gasteiger partial charge in [-0.05, 0) is 42.5 Å². The summed E-state index contributed by atoms with van der Waals surface area (Å²) in [6.07, 6.45) is 3.49. The maximum atomic E-state index is 3.32. The Balaban J connectivity index is 0.000000845. The van der Waals surface area contributed by atoms with Crippen LogP contribution in [0.2, 0.25) is 0 Å². The molecule has 0 amide bonds. The number of rotatable bonds is 1. The lowest BCUT2D eigenvalue weighted by atomic mass is 10.1. The topological polar surface area (TPSA) is 12.0 Å². The monoisotopic (exact) mass is 215 g/mol. The minimum absolute atomic E-state index is 0. The highest BCUT2D eigenvalue weighted by Crippen LogP contribution is 2.27. The minimum Gasteiger partial charge on any atom is -0.313 e. The van der Waals surface area contributed by atoms with Crippen LogP contribution in [0, 0.1) is 6.92 Å². The Morgan fingerprint density at radius 2 is 2.31 bits per heavy atom. The van der Waals surface area contributed by atoms with Crippen LogP contribution in [0.15, 0.2) is 17.5 Å². The Morgan fingerprint density at radius 3 is 2.85 bits per heavy atom. The molecule has 0 bridgehead atoms. The zero-order valence-corrected chi connectivity index (χ0v) is 9.30. The van der Waals surface area contributed by atoms with Crippen LogP contribution in [0.25, 0.3) is 5.57 Å². The van der Waals surface area contributed by atoms with Gasteiger partial charge < -0.3 is 5.32 Å². The van der Waals surface area contributed by atoms with Crippen molar-refractivity contribution < 1.29 is 0 Å². The van der Waals surface area contributed by atoms with Crippen LogP contribution in [0.5, 0.6) is 0 Å². The van der Waals surface area contributed by atoms with E-state index in [4.69, 9.17) is 0 Å². The summed E-state index contributed by atoms with van der Waals surface area (Å²) in [5, 5.41) is 5.50. The van der Waals surface area contributed by atoms with Crippen molar-refractivity contribution in [1.29, 1.82) is 0 Å². The van der Waals surface area contributed by atoms with Gasteiger partial charge in [0.1, 0.15) is 0 Å². The molecule has 3 heteroatoms. The van der Waals surface area contributed by atoms with Gasteiger partial charge in [-0.1, -0.05) is 6.08 Å². The van der Waals surface area contributed by atoms with Gasteiger partial charge in [0.05, 0.1) is 0 Å². The molecule has 0 fully saturated rings. The fourth-order valence-electron chi connectivity index (χ4n) is 1.53. The molecule has 1 aliphatic heterocycles. The van der Waals surface area contributed by atoms with Gasteiger partial charge in [0, 0.05) is 11.4 Å². The van der Waals surface area contributed by atoms with E-state index in [0.717, 1.165) is 13.1 Å². The molecule has 1 nitrogen and oxygen atoms in total. The zero-order chi connectivity index (χ0) is 8.39. The number of halogens is 1. The Morgan fingerprint density at radius 1 is 1.46 bits per heavy atom. The third-order valence-corrected chi connectivity index (χ3v) is 3.31. The lowest BCUT2D eigenvalue weighted by molar-refractivity contribution is 0.739. The van der Waals surface area contributed by atoms with Gasteiger partial charge in [-0.3, -0.25) is 0 Å². The summed E-state index contributed by atoms with van der Waals surface area (Å²) in [6.45, 7) is 4.35. The van der Waals surface area contributed by atoms with Crippen molar-refractivity contribution in [3.8, 4) is 0 Å². The summed E-state index contributed by atoms with van der Waals surface area (Å²) in [5.41, 5.74) is 2.95. The molecule has 0 atom stereocenters. The summed E-state index contributed by atoms with van der Waals surface area (Å²) in [5.74, 6) is 0. The molecule has 2 heterocycles. The van der Waals surface area contributed by atoms with Gasteiger partial charge in [0.25, 0.3) is 0 Å². The third kappa shape index (κ3) is 2.33. The van der Waals surface area contributed by atoms with E-state index in [1.807, 2.05) is 11.3 Å². The highest BCUT2D eigenvalue weighted by atomic mass is 35.5. The molecular formula is C10H14ClNS. The Hall–Kier alpha value is -0.310. The van der Waals surface area contributed by atoms with Crippen molar-refractivity contribution in [1.82, 2.24) is 5.32 Å². The second-order valence-electron chi connectivity index (χ2n) is 3.12. The van der Waals surface area contributed by atoms with Crippen molar-refractivity contribution in [3.05, 3.63) is 28.0 Å². The van der Waals surface area contributed by atoms with Crippen LogP contribution >= 0.6 is 23.7 Å². The Bertz CT molecular complexity index is 304. The first-order valence-corrected chi connectivity index (χ1v) is 5.20. The summed E-state index contributed by atoms with van der Waals surface area (Å²) < 4.78 is 0. The van der Waals surface area contributed by atoms with Crippen LogP contribution in [0.3, 0.4) is 0 Å². The summed E-state index contributed by atoms with van der Waals surface area (Å²) >= 11 is 1.86. The number of thiophene rings is 1. The fraction of sp³-hybridized carbons (Fsp3) is 0.400. The smallest absolute Gasteiger partial charge is 0.0329 e. The van der Waals surface area contributed by atoms with Gasteiger partial charge in [-0.15, -0.1) is 23.7 Å². The fourth-order valence-corrected chi connectivity index (χ4v) is 2.53. The van der Waals surface area contributed by atoms with Crippen molar-refractivity contribution in [3.63, 3.8) is 0 Å². The van der Waals surface area contributed by atoms with Crippen molar-refractivity contribution in [2.45, 2.75) is 13.3 Å². The van der Waals surface area contributed by atoms with E-state index in [1.165, 1.54) is 22.4 Å². The normalized spacial score (nSPS) is 16.2. The SMILES string of the molecule is Cc1ccsc1C1=CCNCC1.Cl. The van der Waals surface area contributed by atoms with Gasteiger partial charge in [0.2, 0.25) is 0 Å². The standard InChI is InChI=1S/C10H13NS.ClH/c1-8-4-7-12-10(8)9-2-5-11-6-3-9;/h2,4,7,11H,3,5-6H2,1H3;1H. The van der Waals surface area contributed by atoms with Crippen molar-refractivity contribution in [2.75, 3.05) is 13.1 Å². The van der Waals surface area contributed by atoms with Gasteiger partial charge >= 0.3 is 0 Å². The molecule has 1 aromatic heterocycles. The number of hydrogen-bond acceptors (Lipinski definition) is 2. The molecule has 2 rings (SSSR count). The van der Waals surface area contributed by atoms with Gasteiger partial charge in [-0.2, -0.15) is 0 Å². The highest BCUT2D eigenvalue weighted by molar-refractivity contribution is 7.11. The summed E-state index contributed by atoms with van der Waals surface area (Å²) in [7, 11) is 0. The van der Waals surface area contributed by atoms with Crippen molar-refractivity contribution in [2.24, 2.45) is 0 Å². The predicted molar refractivity (Wildman–Crippen MR) is 61.8 cm³/mol. The number of nitrogens with one attached hydrogen (secondary N) is 1. The van der Waals surface area contributed by atoms with Gasteiger partial charge in [-0.25, -0.2) is 0 Å². The molecule has 0 unspecified atom stereocenters. The average molecular weight is 216 g/mol. The maximum absolute atomic E-state index is 3.32. The number of hydrogen-bond donors (Lipinski definition) is 1. The number of aryl methyl sites for hydroxylation is 1. The predicted octanol–water partition coefficient (Wildman–Crippen LogP) is 2.86. The van der Waals surface area contributed by atoms with Crippen LogP contribution < -0.4 is 5.32 Å². The van der Waals surface area contributed by atoms with Crippen LogP contribution in [-0.2, 0) is 0 Å². The second-order valence-corrected chi connectivity index (χ2v) is 4.03. The molecule has 13 heavy (non-hydrogen) atoms. The van der Waals surface area contributed by atoms with E-state index in [9.17, 15) is 0 Å².